The third-order valence-corrected chi connectivity index (χ3v) is 4.72. The van der Waals surface area contributed by atoms with Crippen LogP contribution < -0.4 is 0 Å². The summed E-state index contributed by atoms with van der Waals surface area (Å²) in [5, 5.41) is 0. The zero-order chi connectivity index (χ0) is 16.9. The minimum atomic E-state index is -0.212. The van der Waals surface area contributed by atoms with Gasteiger partial charge >= 0.3 is 5.97 Å². The van der Waals surface area contributed by atoms with E-state index in [9.17, 15) is 4.79 Å². The Kier molecular flexibility index (Phi) is 5.31. The molecule has 0 saturated carbocycles. The first-order valence-electron chi connectivity index (χ1n) is 8.66. The lowest BCUT2D eigenvalue weighted by atomic mass is 9.88. The fraction of sp³-hybridized carbons (Fsp3) is 0.381. The molecule has 1 aliphatic heterocycles. The number of esters is 1. The van der Waals surface area contributed by atoms with Crippen LogP contribution in [-0.4, -0.2) is 30.1 Å². The first kappa shape index (κ1) is 16.7. The Morgan fingerprint density at radius 2 is 1.50 bits per heavy atom. The van der Waals surface area contributed by atoms with Gasteiger partial charge in [0.2, 0.25) is 0 Å². The largest absolute Gasteiger partial charge is 0.458 e. The van der Waals surface area contributed by atoms with Gasteiger partial charge in [-0.25, -0.2) is 4.79 Å². The number of piperidine rings is 1. The van der Waals surface area contributed by atoms with E-state index in [0.29, 0.717) is 17.4 Å². The van der Waals surface area contributed by atoms with Gasteiger partial charge in [-0.2, -0.15) is 0 Å². The van der Waals surface area contributed by atoms with Gasteiger partial charge in [-0.3, -0.25) is 4.90 Å². The number of ether oxygens (including phenoxy) is 1. The van der Waals surface area contributed by atoms with Crippen molar-refractivity contribution in [2.75, 3.05) is 13.1 Å². The number of nitrogens with zero attached hydrogens (tertiary/aromatic N) is 1. The highest BCUT2D eigenvalue weighted by Crippen LogP contribution is 2.27. The Balaban J connectivity index is 1.60. The molecule has 3 rings (SSSR count). The van der Waals surface area contributed by atoms with Crippen LogP contribution in [0.5, 0.6) is 0 Å². The summed E-state index contributed by atoms with van der Waals surface area (Å²) >= 11 is 0. The van der Waals surface area contributed by atoms with Gasteiger partial charge in [-0.1, -0.05) is 62.4 Å². The van der Waals surface area contributed by atoms with Crippen LogP contribution in [0.15, 0.2) is 60.7 Å². The molecule has 0 amide bonds. The van der Waals surface area contributed by atoms with Crippen molar-refractivity contribution in [2.24, 2.45) is 11.8 Å². The van der Waals surface area contributed by atoms with Crippen molar-refractivity contribution < 1.29 is 9.53 Å². The van der Waals surface area contributed by atoms with E-state index in [0.717, 1.165) is 19.6 Å². The monoisotopic (exact) mass is 323 g/mol. The molecule has 1 heterocycles. The molecule has 1 aliphatic rings. The predicted octanol–water partition coefficient (Wildman–Crippen LogP) is 4.00. The Labute approximate surface area is 144 Å². The molecular weight excluding hydrogens is 298 g/mol. The zero-order valence-corrected chi connectivity index (χ0v) is 14.4. The molecule has 3 atom stereocenters. The van der Waals surface area contributed by atoms with Crippen LogP contribution in [0.1, 0.15) is 29.8 Å². The SMILES string of the molecule is C[C@@H]1CN(Cc2ccccc2)C[C@H](C)C1OC(=O)c1ccccc1. The summed E-state index contributed by atoms with van der Waals surface area (Å²) in [7, 11) is 0. The number of benzene rings is 2. The molecule has 1 saturated heterocycles. The maximum Gasteiger partial charge on any atom is 0.338 e. The second kappa shape index (κ2) is 7.63. The molecule has 0 N–H and O–H groups in total. The number of likely N-dealkylation sites (tertiary alicyclic amines) is 1. The van der Waals surface area contributed by atoms with Crippen LogP contribution in [-0.2, 0) is 11.3 Å². The molecule has 24 heavy (non-hydrogen) atoms. The molecule has 2 aromatic rings. The van der Waals surface area contributed by atoms with Crippen LogP contribution in [0.4, 0.5) is 0 Å². The lowest BCUT2D eigenvalue weighted by Gasteiger charge is -2.40. The molecule has 3 nitrogen and oxygen atoms in total. The molecular formula is C21H25NO2. The highest BCUT2D eigenvalue weighted by Gasteiger charge is 2.34. The van der Waals surface area contributed by atoms with Gasteiger partial charge in [0, 0.05) is 31.5 Å². The lowest BCUT2D eigenvalue weighted by Crippen LogP contribution is -2.48. The van der Waals surface area contributed by atoms with Gasteiger partial charge in [-0.15, -0.1) is 0 Å². The standard InChI is InChI=1S/C21H25NO2/c1-16-13-22(15-18-9-5-3-6-10-18)14-17(2)20(16)24-21(23)19-11-7-4-8-12-19/h3-12,16-17,20H,13-15H2,1-2H3/t16-,17+,20?. The smallest absolute Gasteiger partial charge is 0.338 e. The first-order valence-corrected chi connectivity index (χ1v) is 8.66. The molecule has 0 aliphatic carbocycles. The van der Waals surface area contributed by atoms with Gasteiger partial charge < -0.3 is 4.74 Å². The predicted molar refractivity (Wildman–Crippen MR) is 95.7 cm³/mol. The Morgan fingerprint density at radius 1 is 0.958 bits per heavy atom. The summed E-state index contributed by atoms with van der Waals surface area (Å²) in [5.74, 6) is 0.436. The molecule has 1 fully saturated rings. The fourth-order valence-corrected chi connectivity index (χ4v) is 3.63. The average Bonchev–Trinajstić information content (AvgIpc) is 2.59. The highest BCUT2D eigenvalue weighted by atomic mass is 16.5. The summed E-state index contributed by atoms with van der Waals surface area (Å²) in [4.78, 5) is 14.8. The van der Waals surface area contributed by atoms with Crippen LogP contribution >= 0.6 is 0 Å². The summed E-state index contributed by atoms with van der Waals surface area (Å²) < 4.78 is 5.83. The van der Waals surface area contributed by atoms with E-state index in [1.807, 2.05) is 36.4 Å². The fourth-order valence-electron chi connectivity index (χ4n) is 3.63. The van der Waals surface area contributed by atoms with Crippen LogP contribution in [0.3, 0.4) is 0 Å². The van der Waals surface area contributed by atoms with Crippen LogP contribution in [0.25, 0.3) is 0 Å². The number of hydrogen-bond donors (Lipinski definition) is 0. The second-order valence-electron chi connectivity index (χ2n) is 6.87. The minimum absolute atomic E-state index is 0.0234. The first-order chi connectivity index (χ1) is 11.6. The molecule has 0 aromatic heterocycles. The van der Waals surface area contributed by atoms with Crippen LogP contribution in [0, 0.1) is 11.8 Å². The highest BCUT2D eigenvalue weighted by molar-refractivity contribution is 5.89. The topological polar surface area (TPSA) is 29.5 Å². The Morgan fingerprint density at radius 3 is 2.08 bits per heavy atom. The molecule has 126 valence electrons. The third-order valence-electron chi connectivity index (χ3n) is 4.72. The van der Waals surface area contributed by atoms with Crippen molar-refractivity contribution in [2.45, 2.75) is 26.5 Å². The average molecular weight is 323 g/mol. The van der Waals surface area contributed by atoms with Gasteiger partial charge in [-0.05, 0) is 17.7 Å². The van der Waals surface area contributed by atoms with Gasteiger partial charge in [0.1, 0.15) is 6.10 Å². The summed E-state index contributed by atoms with van der Waals surface area (Å²) in [6.07, 6.45) is -0.0234. The summed E-state index contributed by atoms with van der Waals surface area (Å²) in [6, 6.07) is 19.8. The number of carbonyl (C=O) groups excluding carboxylic acids is 1. The van der Waals surface area contributed by atoms with Crippen LogP contribution in [0.2, 0.25) is 0 Å². The molecule has 3 heteroatoms. The van der Waals surface area contributed by atoms with E-state index < -0.39 is 0 Å². The van der Waals surface area contributed by atoms with E-state index in [1.165, 1.54) is 5.56 Å². The molecule has 0 radical (unpaired) electrons. The van der Waals surface area contributed by atoms with Crippen molar-refractivity contribution in [1.29, 1.82) is 0 Å². The van der Waals surface area contributed by atoms with Crippen molar-refractivity contribution in [3.8, 4) is 0 Å². The van der Waals surface area contributed by atoms with E-state index >= 15 is 0 Å². The normalized spacial score (nSPS) is 24.5. The van der Waals surface area contributed by atoms with Crippen molar-refractivity contribution >= 4 is 5.97 Å². The summed E-state index contributed by atoms with van der Waals surface area (Å²) in [6.45, 7) is 7.21. The van der Waals surface area contributed by atoms with Gasteiger partial charge in [0.15, 0.2) is 0 Å². The maximum absolute atomic E-state index is 12.3. The zero-order valence-electron chi connectivity index (χ0n) is 14.4. The van der Waals surface area contributed by atoms with E-state index in [1.54, 1.807) is 0 Å². The molecule has 1 unspecified atom stereocenters. The van der Waals surface area contributed by atoms with Gasteiger partial charge in [0.05, 0.1) is 5.56 Å². The van der Waals surface area contributed by atoms with Gasteiger partial charge in [0.25, 0.3) is 0 Å². The Bertz CT molecular complexity index is 644. The summed E-state index contributed by atoms with van der Waals surface area (Å²) in [5.41, 5.74) is 1.96. The Hall–Kier alpha value is -2.13. The lowest BCUT2D eigenvalue weighted by molar-refractivity contribution is -0.0386. The minimum Gasteiger partial charge on any atom is -0.458 e. The number of carbonyl (C=O) groups is 1. The number of hydrogen-bond acceptors (Lipinski definition) is 3. The molecule has 0 spiro atoms. The van der Waals surface area contributed by atoms with E-state index in [2.05, 4.69) is 43.0 Å². The number of rotatable bonds is 4. The van der Waals surface area contributed by atoms with Crippen molar-refractivity contribution in [3.05, 3.63) is 71.8 Å². The maximum atomic E-state index is 12.3. The van der Waals surface area contributed by atoms with E-state index in [4.69, 9.17) is 4.74 Å². The quantitative estimate of drug-likeness (QED) is 0.797. The van der Waals surface area contributed by atoms with Crippen molar-refractivity contribution in [1.82, 2.24) is 4.90 Å². The van der Waals surface area contributed by atoms with Crippen molar-refractivity contribution in [3.63, 3.8) is 0 Å². The third kappa shape index (κ3) is 4.04. The van der Waals surface area contributed by atoms with E-state index in [-0.39, 0.29) is 12.1 Å². The molecule has 0 bridgehead atoms. The second-order valence-corrected chi connectivity index (χ2v) is 6.87. The molecule has 2 aromatic carbocycles.